The van der Waals surface area contributed by atoms with Gasteiger partial charge in [0, 0.05) is 18.5 Å². The minimum absolute atomic E-state index is 0.135. The van der Waals surface area contributed by atoms with Crippen molar-refractivity contribution in [1.82, 2.24) is 4.90 Å². The molecule has 0 unspecified atom stereocenters. The first-order valence-corrected chi connectivity index (χ1v) is 10.0. The lowest BCUT2D eigenvalue weighted by Gasteiger charge is -2.34. The third kappa shape index (κ3) is 4.50. The van der Waals surface area contributed by atoms with E-state index in [0.29, 0.717) is 12.3 Å². The van der Waals surface area contributed by atoms with Crippen molar-refractivity contribution < 1.29 is 17.4 Å². The maximum Gasteiger partial charge on any atom is 0.311 e. The monoisotopic (exact) mass is 353 g/mol. The zero-order chi connectivity index (χ0) is 17.9. The summed E-state index contributed by atoms with van der Waals surface area (Å²) in [6.45, 7) is 7.73. The number of nitrogens with zero attached hydrogens (tertiary/aromatic N) is 1. The van der Waals surface area contributed by atoms with Crippen LogP contribution in [0.2, 0.25) is 0 Å². The number of hydrogen-bond donors (Lipinski definition) is 0. The van der Waals surface area contributed by atoms with Gasteiger partial charge in [-0.3, -0.25) is 4.79 Å². The third-order valence-electron chi connectivity index (χ3n) is 4.43. The molecule has 0 bridgehead atoms. The van der Waals surface area contributed by atoms with Gasteiger partial charge in [-0.2, -0.15) is 8.42 Å². The lowest BCUT2D eigenvalue weighted by atomic mass is 9.84. The van der Waals surface area contributed by atoms with Gasteiger partial charge in [0.2, 0.25) is 5.91 Å². The largest absolute Gasteiger partial charge is 0.382 e. The van der Waals surface area contributed by atoms with Gasteiger partial charge in [0.05, 0.1) is 5.25 Å². The van der Waals surface area contributed by atoms with E-state index in [0.717, 1.165) is 24.8 Å². The molecule has 1 aromatic rings. The summed E-state index contributed by atoms with van der Waals surface area (Å²) in [6.07, 6.45) is 3.11. The van der Waals surface area contributed by atoms with Crippen LogP contribution in [0.4, 0.5) is 0 Å². The predicted octanol–water partition coefficient (Wildman–Crippen LogP) is 3.34. The normalized spacial score (nSPS) is 15.4. The molecule has 134 valence electrons. The molecule has 0 spiro atoms. The van der Waals surface area contributed by atoms with Crippen LogP contribution in [-0.4, -0.2) is 30.5 Å². The van der Waals surface area contributed by atoms with Crippen LogP contribution in [0.15, 0.2) is 24.3 Å². The van der Waals surface area contributed by atoms with Crippen molar-refractivity contribution in [2.45, 2.75) is 64.8 Å². The van der Waals surface area contributed by atoms with E-state index in [4.69, 9.17) is 4.18 Å². The molecule has 1 aliphatic carbocycles. The van der Waals surface area contributed by atoms with E-state index in [-0.39, 0.29) is 17.9 Å². The second-order valence-corrected chi connectivity index (χ2v) is 9.05. The molecule has 1 fully saturated rings. The minimum atomic E-state index is -3.59. The zero-order valence-electron chi connectivity index (χ0n) is 14.9. The van der Waals surface area contributed by atoms with Crippen molar-refractivity contribution >= 4 is 16.0 Å². The third-order valence-corrected chi connectivity index (χ3v) is 6.01. The molecule has 0 N–H and O–H groups in total. The predicted molar refractivity (Wildman–Crippen MR) is 94.2 cm³/mol. The van der Waals surface area contributed by atoms with Crippen LogP contribution in [0.25, 0.3) is 0 Å². The summed E-state index contributed by atoms with van der Waals surface area (Å²) in [5.41, 5.74) is 0.964. The van der Waals surface area contributed by atoms with Crippen LogP contribution in [0.1, 0.15) is 52.5 Å². The topological polar surface area (TPSA) is 63.7 Å². The highest BCUT2D eigenvalue weighted by Gasteiger charge is 2.30. The summed E-state index contributed by atoms with van der Waals surface area (Å²) in [4.78, 5) is 14.4. The van der Waals surface area contributed by atoms with Gasteiger partial charge in [-0.15, -0.1) is 0 Å². The fraction of sp³-hybridized carbons (Fsp3) is 0.611. The fourth-order valence-electron chi connectivity index (χ4n) is 2.48. The number of rotatable bonds is 7. The van der Waals surface area contributed by atoms with E-state index in [2.05, 4.69) is 0 Å². The summed E-state index contributed by atoms with van der Waals surface area (Å²) in [5.74, 6) is 0.694. The Balaban J connectivity index is 2.05. The van der Waals surface area contributed by atoms with Gasteiger partial charge in [0.1, 0.15) is 5.75 Å². The van der Waals surface area contributed by atoms with E-state index < -0.39 is 15.4 Å². The molecule has 5 nitrogen and oxygen atoms in total. The first kappa shape index (κ1) is 18.8. The van der Waals surface area contributed by atoms with Gasteiger partial charge < -0.3 is 9.08 Å². The highest BCUT2D eigenvalue weighted by Crippen LogP contribution is 2.29. The molecule has 0 radical (unpaired) electrons. The summed E-state index contributed by atoms with van der Waals surface area (Å²) in [7, 11) is -3.59. The lowest BCUT2D eigenvalue weighted by Crippen LogP contribution is -2.42. The van der Waals surface area contributed by atoms with Crippen molar-refractivity contribution in [2.24, 2.45) is 5.92 Å². The Bertz CT molecular complexity index is 661. The average Bonchev–Trinajstić information content (AvgIpc) is 2.43. The van der Waals surface area contributed by atoms with Gasteiger partial charge in [0.15, 0.2) is 0 Å². The second kappa shape index (κ2) is 7.55. The molecule has 1 aliphatic rings. The second-order valence-electron chi connectivity index (χ2n) is 6.96. The Morgan fingerprint density at radius 2 is 1.75 bits per heavy atom. The Morgan fingerprint density at radius 1 is 1.17 bits per heavy atom. The number of hydrogen-bond acceptors (Lipinski definition) is 4. The highest BCUT2D eigenvalue weighted by atomic mass is 32.2. The Hall–Kier alpha value is -1.56. The SMILES string of the molecule is CC(C)N(Cc1ccc(OS(=O)(=O)C(C)C)cc1)C(=O)C1CCC1. The fourth-order valence-corrected chi connectivity index (χ4v) is 3.05. The van der Waals surface area contributed by atoms with E-state index in [1.807, 2.05) is 30.9 Å². The molecule has 0 atom stereocenters. The van der Waals surface area contributed by atoms with Crippen LogP contribution >= 0.6 is 0 Å². The van der Waals surface area contributed by atoms with E-state index >= 15 is 0 Å². The molecule has 0 saturated heterocycles. The molecule has 24 heavy (non-hydrogen) atoms. The van der Waals surface area contributed by atoms with Crippen molar-refractivity contribution in [3.05, 3.63) is 29.8 Å². The molecule has 1 saturated carbocycles. The smallest absolute Gasteiger partial charge is 0.311 e. The van der Waals surface area contributed by atoms with Crippen molar-refractivity contribution in [1.29, 1.82) is 0 Å². The lowest BCUT2D eigenvalue weighted by molar-refractivity contribution is -0.140. The van der Waals surface area contributed by atoms with Gasteiger partial charge in [0.25, 0.3) is 0 Å². The van der Waals surface area contributed by atoms with Crippen LogP contribution in [0.3, 0.4) is 0 Å². The number of amides is 1. The van der Waals surface area contributed by atoms with Crippen LogP contribution < -0.4 is 4.18 Å². The molecule has 0 heterocycles. The van der Waals surface area contributed by atoms with Crippen molar-refractivity contribution in [3.8, 4) is 5.75 Å². The van der Waals surface area contributed by atoms with Crippen LogP contribution in [0, 0.1) is 5.92 Å². The molecule has 1 amide bonds. The molecule has 2 rings (SSSR count). The van der Waals surface area contributed by atoms with Gasteiger partial charge >= 0.3 is 10.1 Å². The summed E-state index contributed by atoms with van der Waals surface area (Å²) in [6, 6.07) is 7.04. The van der Waals surface area contributed by atoms with Crippen molar-refractivity contribution in [3.63, 3.8) is 0 Å². The Labute approximate surface area is 145 Å². The minimum Gasteiger partial charge on any atom is -0.382 e. The molecule has 0 aliphatic heterocycles. The maximum atomic E-state index is 12.5. The zero-order valence-corrected chi connectivity index (χ0v) is 15.7. The first-order valence-electron chi connectivity index (χ1n) is 8.53. The van der Waals surface area contributed by atoms with E-state index in [1.165, 1.54) is 0 Å². The van der Waals surface area contributed by atoms with E-state index in [9.17, 15) is 13.2 Å². The first-order chi connectivity index (χ1) is 11.2. The molecular weight excluding hydrogens is 326 g/mol. The van der Waals surface area contributed by atoms with Crippen molar-refractivity contribution in [2.75, 3.05) is 0 Å². The van der Waals surface area contributed by atoms with Crippen LogP contribution in [0.5, 0.6) is 5.75 Å². The quantitative estimate of drug-likeness (QED) is 0.705. The number of carbonyl (C=O) groups is 1. The Morgan fingerprint density at radius 3 is 2.17 bits per heavy atom. The average molecular weight is 353 g/mol. The molecule has 6 heteroatoms. The van der Waals surface area contributed by atoms with Gasteiger partial charge in [-0.1, -0.05) is 18.6 Å². The summed E-state index contributed by atoms with van der Waals surface area (Å²) >= 11 is 0. The maximum absolute atomic E-state index is 12.5. The standard InChI is InChI=1S/C18H27NO4S/c1-13(2)19(18(20)16-6-5-7-16)12-15-8-10-17(11-9-15)23-24(21,22)14(3)4/h8-11,13-14,16H,5-7,12H2,1-4H3. The van der Waals surface area contributed by atoms with Gasteiger partial charge in [-0.25, -0.2) is 0 Å². The molecular formula is C18H27NO4S. The van der Waals surface area contributed by atoms with Gasteiger partial charge in [-0.05, 0) is 58.2 Å². The number of benzene rings is 1. The highest BCUT2D eigenvalue weighted by molar-refractivity contribution is 7.87. The molecule has 1 aromatic carbocycles. The molecule has 0 aromatic heterocycles. The summed E-state index contributed by atoms with van der Waals surface area (Å²) < 4.78 is 28.6. The van der Waals surface area contributed by atoms with Crippen LogP contribution in [-0.2, 0) is 21.5 Å². The Kier molecular flexibility index (Phi) is 5.91. The number of carbonyl (C=O) groups excluding carboxylic acids is 1. The summed E-state index contributed by atoms with van der Waals surface area (Å²) in [5, 5.41) is -0.589. The van der Waals surface area contributed by atoms with E-state index in [1.54, 1.807) is 26.0 Å².